The van der Waals surface area contributed by atoms with Gasteiger partial charge in [-0.2, -0.15) is 0 Å². The number of rotatable bonds is 2. The van der Waals surface area contributed by atoms with E-state index in [9.17, 15) is 0 Å². The number of aryl methyl sites for hydroxylation is 1. The standard InChI is InChI=1S/C26H22ClN3O/c27-18-12-10-15(11-13-18)21-22-20(14-17-8-4-5-9-19(17)24(22)28)31-26-23(21)25(29-30-26)16-6-2-1-3-7-16/h1-3,6-7,10-14,21H,4-5,8-9,28H2,(H,29,30). The molecule has 1 aliphatic heterocycles. The number of nitrogens with one attached hydrogen (secondary N) is 1. The highest BCUT2D eigenvalue weighted by Crippen LogP contribution is 2.53. The number of hydrogen-bond acceptors (Lipinski definition) is 3. The van der Waals surface area contributed by atoms with Crippen molar-refractivity contribution >= 4 is 17.3 Å². The summed E-state index contributed by atoms with van der Waals surface area (Å²) in [7, 11) is 0. The van der Waals surface area contributed by atoms with E-state index < -0.39 is 0 Å². The molecule has 0 spiro atoms. The molecule has 1 atom stereocenters. The maximum absolute atomic E-state index is 6.86. The second-order valence-corrected chi connectivity index (χ2v) is 8.75. The summed E-state index contributed by atoms with van der Waals surface area (Å²) in [5, 5.41) is 8.49. The van der Waals surface area contributed by atoms with Gasteiger partial charge in [-0.25, -0.2) is 0 Å². The highest BCUT2D eigenvalue weighted by Gasteiger charge is 2.37. The van der Waals surface area contributed by atoms with Crippen molar-refractivity contribution in [3.8, 4) is 22.9 Å². The zero-order valence-electron chi connectivity index (χ0n) is 17.0. The maximum atomic E-state index is 6.86. The fourth-order valence-electron chi connectivity index (χ4n) is 5.05. The fraction of sp³-hybridized carbons (Fsp3) is 0.192. The molecule has 31 heavy (non-hydrogen) atoms. The Kier molecular flexibility index (Phi) is 4.29. The van der Waals surface area contributed by atoms with E-state index in [1.807, 2.05) is 30.3 Å². The van der Waals surface area contributed by atoms with Gasteiger partial charge in [-0.3, -0.25) is 5.10 Å². The van der Waals surface area contributed by atoms with Crippen molar-refractivity contribution in [2.24, 2.45) is 0 Å². The van der Waals surface area contributed by atoms with Crippen molar-refractivity contribution < 1.29 is 4.74 Å². The molecular formula is C26H22ClN3O. The van der Waals surface area contributed by atoms with E-state index in [2.05, 4.69) is 40.5 Å². The number of nitrogen functional groups attached to an aromatic ring is 1. The average Bonchev–Trinajstić information content (AvgIpc) is 3.23. The van der Waals surface area contributed by atoms with Gasteiger partial charge in [-0.1, -0.05) is 54.1 Å². The van der Waals surface area contributed by atoms with Crippen LogP contribution < -0.4 is 10.5 Å². The maximum Gasteiger partial charge on any atom is 0.242 e. The van der Waals surface area contributed by atoms with Crippen LogP contribution in [-0.4, -0.2) is 10.2 Å². The molecule has 1 aromatic heterocycles. The lowest BCUT2D eigenvalue weighted by Crippen LogP contribution is -2.17. The third kappa shape index (κ3) is 2.94. The molecule has 5 heteroatoms. The van der Waals surface area contributed by atoms with Crippen LogP contribution in [0.15, 0.2) is 60.7 Å². The third-order valence-electron chi connectivity index (χ3n) is 6.52. The van der Waals surface area contributed by atoms with Crippen LogP contribution in [-0.2, 0) is 12.8 Å². The Bertz CT molecular complexity index is 1280. The molecule has 0 saturated heterocycles. The Hall–Kier alpha value is -3.24. The van der Waals surface area contributed by atoms with Gasteiger partial charge >= 0.3 is 0 Å². The molecule has 0 radical (unpaired) electrons. The van der Waals surface area contributed by atoms with Crippen LogP contribution in [0, 0.1) is 0 Å². The van der Waals surface area contributed by atoms with Crippen LogP contribution in [0.4, 0.5) is 5.69 Å². The topological polar surface area (TPSA) is 63.9 Å². The zero-order valence-corrected chi connectivity index (χ0v) is 17.7. The van der Waals surface area contributed by atoms with Crippen LogP contribution in [0.1, 0.15) is 46.6 Å². The molecule has 0 amide bonds. The van der Waals surface area contributed by atoms with Crippen molar-refractivity contribution in [2.45, 2.75) is 31.6 Å². The van der Waals surface area contributed by atoms with Crippen molar-refractivity contribution in [1.29, 1.82) is 0 Å². The molecule has 3 N–H and O–H groups in total. The van der Waals surface area contributed by atoms with Gasteiger partial charge in [0.05, 0.1) is 11.3 Å². The number of fused-ring (bicyclic) bond motifs is 3. The average molecular weight is 428 g/mol. The Morgan fingerprint density at radius 2 is 1.74 bits per heavy atom. The summed E-state index contributed by atoms with van der Waals surface area (Å²) in [5.41, 5.74) is 15.5. The molecule has 3 aromatic carbocycles. The Labute approximate surface area is 186 Å². The molecular weight excluding hydrogens is 406 g/mol. The second kappa shape index (κ2) is 7.17. The summed E-state index contributed by atoms with van der Waals surface area (Å²) in [5.74, 6) is 1.34. The smallest absolute Gasteiger partial charge is 0.242 e. The Morgan fingerprint density at radius 3 is 2.55 bits per heavy atom. The number of nitrogens with zero attached hydrogens (tertiary/aromatic N) is 1. The summed E-state index contributed by atoms with van der Waals surface area (Å²) < 4.78 is 6.35. The van der Waals surface area contributed by atoms with E-state index in [0.717, 1.165) is 52.2 Å². The van der Waals surface area contributed by atoms with Gasteiger partial charge in [0, 0.05) is 22.2 Å². The molecule has 6 rings (SSSR count). The monoisotopic (exact) mass is 427 g/mol. The second-order valence-electron chi connectivity index (χ2n) is 8.32. The largest absolute Gasteiger partial charge is 0.437 e. The van der Waals surface area contributed by atoms with Crippen LogP contribution in [0.25, 0.3) is 11.3 Å². The van der Waals surface area contributed by atoms with E-state index >= 15 is 0 Å². The number of anilines is 1. The molecule has 0 fully saturated rings. The Morgan fingerprint density at radius 1 is 0.968 bits per heavy atom. The van der Waals surface area contributed by atoms with Crippen LogP contribution in [0.2, 0.25) is 5.02 Å². The minimum atomic E-state index is -0.0859. The number of hydrogen-bond donors (Lipinski definition) is 2. The molecule has 0 bridgehead atoms. The molecule has 154 valence electrons. The molecule has 2 aliphatic rings. The number of ether oxygens (including phenoxy) is 1. The number of halogens is 1. The lowest BCUT2D eigenvalue weighted by molar-refractivity contribution is 0.434. The number of H-pyrrole nitrogens is 1. The predicted octanol–water partition coefficient (Wildman–Crippen LogP) is 6.48. The highest BCUT2D eigenvalue weighted by molar-refractivity contribution is 6.30. The van der Waals surface area contributed by atoms with Gasteiger partial charge in [-0.15, -0.1) is 5.10 Å². The normalized spacial score (nSPS) is 16.7. The minimum Gasteiger partial charge on any atom is -0.437 e. The lowest BCUT2D eigenvalue weighted by atomic mass is 9.78. The Balaban J connectivity index is 1.63. The zero-order chi connectivity index (χ0) is 20.9. The minimum absolute atomic E-state index is 0.0859. The van der Waals surface area contributed by atoms with Gasteiger partial charge in [0.15, 0.2) is 0 Å². The van der Waals surface area contributed by atoms with Crippen molar-refractivity contribution in [1.82, 2.24) is 10.2 Å². The van der Waals surface area contributed by atoms with Crippen molar-refractivity contribution in [3.05, 3.63) is 93.5 Å². The van der Waals surface area contributed by atoms with E-state index in [1.165, 1.54) is 24.0 Å². The number of aromatic amines is 1. The van der Waals surface area contributed by atoms with Crippen LogP contribution >= 0.6 is 11.6 Å². The van der Waals surface area contributed by atoms with Crippen molar-refractivity contribution in [2.75, 3.05) is 5.73 Å². The van der Waals surface area contributed by atoms with E-state index in [-0.39, 0.29) is 5.92 Å². The van der Waals surface area contributed by atoms with Gasteiger partial charge in [0.25, 0.3) is 0 Å². The number of aromatic nitrogens is 2. The molecule has 1 unspecified atom stereocenters. The van der Waals surface area contributed by atoms with Crippen LogP contribution in [0.3, 0.4) is 0 Å². The van der Waals surface area contributed by atoms with Gasteiger partial charge < -0.3 is 10.5 Å². The highest BCUT2D eigenvalue weighted by atomic mass is 35.5. The van der Waals surface area contributed by atoms with Gasteiger partial charge in [0.2, 0.25) is 5.88 Å². The first-order valence-electron chi connectivity index (χ1n) is 10.7. The number of benzene rings is 3. The fourth-order valence-corrected chi connectivity index (χ4v) is 5.18. The van der Waals surface area contributed by atoms with Crippen molar-refractivity contribution in [3.63, 3.8) is 0 Å². The predicted molar refractivity (Wildman–Crippen MR) is 124 cm³/mol. The molecule has 2 heterocycles. The molecule has 1 aliphatic carbocycles. The molecule has 0 saturated carbocycles. The molecule has 4 nitrogen and oxygen atoms in total. The third-order valence-corrected chi connectivity index (χ3v) is 6.77. The lowest BCUT2D eigenvalue weighted by Gasteiger charge is -2.31. The van der Waals surface area contributed by atoms with E-state index in [1.54, 1.807) is 0 Å². The summed E-state index contributed by atoms with van der Waals surface area (Å²) in [6.07, 6.45) is 4.43. The van der Waals surface area contributed by atoms with E-state index in [4.69, 9.17) is 22.1 Å². The SMILES string of the molecule is Nc1c2c(cc3c1C(c1ccc(Cl)cc1)c1c(n[nH]c1-c1ccccc1)O3)CCCC2. The summed E-state index contributed by atoms with van der Waals surface area (Å²) in [6, 6.07) is 20.4. The first kappa shape index (κ1) is 18.5. The first-order valence-corrected chi connectivity index (χ1v) is 11.1. The summed E-state index contributed by atoms with van der Waals surface area (Å²) in [6.45, 7) is 0. The first-order chi connectivity index (χ1) is 15.2. The van der Waals surface area contributed by atoms with Gasteiger partial charge in [-0.05, 0) is 66.1 Å². The quantitative estimate of drug-likeness (QED) is 0.317. The molecule has 4 aromatic rings. The van der Waals surface area contributed by atoms with E-state index in [0.29, 0.717) is 10.9 Å². The summed E-state index contributed by atoms with van der Waals surface area (Å²) in [4.78, 5) is 0. The number of nitrogens with two attached hydrogens (primary N) is 1. The van der Waals surface area contributed by atoms with Gasteiger partial charge in [0.1, 0.15) is 5.75 Å². The van der Waals surface area contributed by atoms with Crippen LogP contribution in [0.5, 0.6) is 11.6 Å². The summed E-state index contributed by atoms with van der Waals surface area (Å²) >= 11 is 6.22.